The van der Waals surface area contributed by atoms with Crippen molar-refractivity contribution in [2.24, 2.45) is 0 Å². The van der Waals surface area contributed by atoms with Gasteiger partial charge >= 0.3 is 0 Å². The maximum Gasteiger partial charge on any atom is 0.125 e. The number of ether oxygens (including phenoxy) is 1. The number of rotatable bonds is 6. The Morgan fingerprint density at radius 3 is 2.80 bits per heavy atom. The van der Waals surface area contributed by atoms with Crippen LogP contribution < -0.4 is 10.1 Å². The predicted molar refractivity (Wildman–Crippen MR) is 81.2 cm³/mol. The van der Waals surface area contributed by atoms with Gasteiger partial charge in [-0.1, -0.05) is 24.6 Å². The molecule has 106 valence electrons. The van der Waals surface area contributed by atoms with Crippen LogP contribution in [-0.4, -0.2) is 13.2 Å². The second kappa shape index (κ2) is 7.15. The van der Waals surface area contributed by atoms with Crippen LogP contribution in [0.5, 0.6) is 5.75 Å². The topological polar surface area (TPSA) is 21.3 Å². The van der Waals surface area contributed by atoms with Crippen molar-refractivity contribution in [1.82, 2.24) is 0 Å². The number of aryl methyl sites for hydroxylation is 1. The van der Waals surface area contributed by atoms with E-state index in [0.29, 0.717) is 13.2 Å². The Balaban J connectivity index is 1.81. The molecule has 20 heavy (non-hydrogen) atoms. The van der Waals surface area contributed by atoms with Gasteiger partial charge in [-0.2, -0.15) is 0 Å². The summed E-state index contributed by atoms with van der Waals surface area (Å²) in [5, 5.41) is 3.87. The van der Waals surface area contributed by atoms with Crippen LogP contribution in [-0.2, 0) is 6.42 Å². The van der Waals surface area contributed by atoms with Gasteiger partial charge in [-0.25, -0.2) is 4.39 Å². The van der Waals surface area contributed by atoms with Crippen molar-refractivity contribution in [3.63, 3.8) is 0 Å². The fraction of sp³-hybridized carbons (Fsp3) is 0.250. The maximum absolute atomic E-state index is 13.0. The molecular weight excluding hydrogens is 277 g/mol. The summed E-state index contributed by atoms with van der Waals surface area (Å²) in [6.45, 7) is 3.16. The third kappa shape index (κ3) is 4.14. The molecule has 0 atom stereocenters. The van der Waals surface area contributed by atoms with E-state index in [9.17, 15) is 4.39 Å². The van der Waals surface area contributed by atoms with Gasteiger partial charge in [-0.3, -0.25) is 0 Å². The first kappa shape index (κ1) is 14.7. The molecule has 0 unspecified atom stereocenters. The molecule has 2 nitrogen and oxygen atoms in total. The van der Waals surface area contributed by atoms with Crippen molar-refractivity contribution in [2.75, 3.05) is 18.5 Å². The van der Waals surface area contributed by atoms with E-state index in [1.807, 2.05) is 24.3 Å². The Morgan fingerprint density at radius 1 is 1.20 bits per heavy atom. The monoisotopic (exact) mass is 293 g/mol. The molecule has 4 heteroatoms. The van der Waals surface area contributed by atoms with Crippen molar-refractivity contribution in [1.29, 1.82) is 0 Å². The number of anilines is 1. The molecule has 2 aromatic carbocycles. The van der Waals surface area contributed by atoms with E-state index in [-0.39, 0.29) is 5.82 Å². The highest BCUT2D eigenvalue weighted by atomic mass is 35.5. The lowest BCUT2D eigenvalue weighted by molar-refractivity contribution is 0.332. The fourth-order valence-electron chi connectivity index (χ4n) is 1.87. The zero-order valence-corrected chi connectivity index (χ0v) is 12.1. The van der Waals surface area contributed by atoms with Crippen molar-refractivity contribution < 1.29 is 9.13 Å². The number of hydrogen-bond donors (Lipinski definition) is 1. The summed E-state index contributed by atoms with van der Waals surface area (Å²) in [7, 11) is 0. The molecule has 0 bridgehead atoms. The van der Waals surface area contributed by atoms with Crippen molar-refractivity contribution in [3.05, 3.63) is 58.9 Å². The van der Waals surface area contributed by atoms with E-state index in [0.717, 1.165) is 28.4 Å². The second-order valence-electron chi connectivity index (χ2n) is 4.39. The van der Waals surface area contributed by atoms with E-state index >= 15 is 0 Å². The Labute approximate surface area is 123 Å². The highest BCUT2D eigenvalue weighted by Gasteiger charge is 2.01. The van der Waals surface area contributed by atoms with Crippen molar-refractivity contribution in [2.45, 2.75) is 13.3 Å². The molecule has 0 amide bonds. The Bertz CT molecular complexity index is 574. The molecule has 1 N–H and O–H groups in total. The molecule has 0 fully saturated rings. The van der Waals surface area contributed by atoms with Gasteiger partial charge in [0.05, 0.1) is 0 Å². The van der Waals surface area contributed by atoms with E-state index in [1.54, 1.807) is 6.07 Å². The van der Waals surface area contributed by atoms with Crippen LogP contribution in [0.1, 0.15) is 12.5 Å². The average Bonchev–Trinajstić information content (AvgIpc) is 2.45. The summed E-state index contributed by atoms with van der Waals surface area (Å²) in [6.07, 6.45) is 0.873. The van der Waals surface area contributed by atoms with Gasteiger partial charge in [0.25, 0.3) is 0 Å². The number of halogens is 2. The van der Waals surface area contributed by atoms with Gasteiger partial charge in [0.15, 0.2) is 0 Å². The Hall–Kier alpha value is -1.74. The first-order valence-corrected chi connectivity index (χ1v) is 6.97. The number of nitrogens with one attached hydrogen (secondary N) is 1. The predicted octanol–water partition coefficient (Wildman–Crippen LogP) is 4.53. The highest BCUT2D eigenvalue weighted by Crippen LogP contribution is 2.22. The lowest BCUT2D eigenvalue weighted by atomic mass is 10.1. The van der Waals surface area contributed by atoms with Gasteiger partial charge < -0.3 is 10.1 Å². The fourth-order valence-corrected chi connectivity index (χ4v) is 2.13. The summed E-state index contributed by atoms with van der Waals surface area (Å²) in [5.74, 6) is 0.550. The third-order valence-electron chi connectivity index (χ3n) is 2.92. The van der Waals surface area contributed by atoms with Crippen LogP contribution in [0.2, 0.25) is 5.02 Å². The smallest absolute Gasteiger partial charge is 0.125 e. The van der Waals surface area contributed by atoms with Crippen LogP contribution in [0, 0.1) is 5.82 Å². The molecule has 2 aromatic rings. The first-order valence-electron chi connectivity index (χ1n) is 6.59. The van der Waals surface area contributed by atoms with Crippen LogP contribution in [0.4, 0.5) is 10.1 Å². The molecular formula is C16H17ClFNO. The van der Waals surface area contributed by atoms with Crippen LogP contribution in [0.25, 0.3) is 0 Å². The van der Waals surface area contributed by atoms with Gasteiger partial charge in [0.2, 0.25) is 0 Å². The second-order valence-corrected chi connectivity index (χ2v) is 4.80. The molecule has 0 spiro atoms. The first-order chi connectivity index (χ1) is 9.69. The van der Waals surface area contributed by atoms with Gasteiger partial charge in [0.1, 0.15) is 18.2 Å². The lowest BCUT2D eigenvalue weighted by Gasteiger charge is -2.10. The van der Waals surface area contributed by atoms with Crippen molar-refractivity contribution >= 4 is 17.3 Å². The molecule has 0 aliphatic rings. The molecule has 0 radical (unpaired) electrons. The van der Waals surface area contributed by atoms with Gasteiger partial charge in [-0.15, -0.1) is 0 Å². The van der Waals surface area contributed by atoms with Crippen molar-refractivity contribution in [3.8, 4) is 5.75 Å². The van der Waals surface area contributed by atoms with Crippen LogP contribution in [0.3, 0.4) is 0 Å². The SMILES string of the molecule is CCc1cc(OCCNc2cccc(F)c2)ccc1Cl. The lowest BCUT2D eigenvalue weighted by Crippen LogP contribution is -2.11. The average molecular weight is 294 g/mol. The molecule has 0 heterocycles. The normalized spacial score (nSPS) is 10.3. The summed E-state index contributed by atoms with van der Waals surface area (Å²) < 4.78 is 18.6. The van der Waals surface area contributed by atoms with Crippen LogP contribution >= 0.6 is 11.6 Å². The Kier molecular flexibility index (Phi) is 5.24. The standard InChI is InChI=1S/C16H17ClFNO/c1-2-12-10-15(6-7-16(12)17)20-9-8-19-14-5-3-4-13(18)11-14/h3-7,10-11,19H,2,8-9H2,1H3. The van der Waals surface area contributed by atoms with E-state index in [4.69, 9.17) is 16.3 Å². The maximum atomic E-state index is 13.0. The minimum absolute atomic E-state index is 0.249. The largest absolute Gasteiger partial charge is 0.492 e. The van der Waals surface area contributed by atoms with Crippen LogP contribution in [0.15, 0.2) is 42.5 Å². The van der Waals surface area contributed by atoms with E-state index in [1.165, 1.54) is 12.1 Å². The minimum atomic E-state index is -0.249. The van der Waals surface area contributed by atoms with Gasteiger partial charge in [-0.05, 0) is 48.4 Å². The number of hydrogen-bond acceptors (Lipinski definition) is 2. The summed E-state index contributed by atoms with van der Waals surface area (Å²) in [6, 6.07) is 12.0. The Morgan fingerprint density at radius 2 is 2.05 bits per heavy atom. The quantitative estimate of drug-likeness (QED) is 0.790. The zero-order valence-electron chi connectivity index (χ0n) is 11.3. The molecule has 2 rings (SSSR count). The summed E-state index contributed by atoms with van der Waals surface area (Å²) in [5.41, 5.74) is 1.82. The molecule has 0 aromatic heterocycles. The van der Waals surface area contributed by atoms with E-state index in [2.05, 4.69) is 12.2 Å². The summed E-state index contributed by atoms with van der Waals surface area (Å²) in [4.78, 5) is 0. The number of benzene rings is 2. The highest BCUT2D eigenvalue weighted by molar-refractivity contribution is 6.31. The molecule has 0 aliphatic heterocycles. The third-order valence-corrected chi connectivity index (χ3v) is 3.29. The molecule has 0 aliphatic carbocycles. The van der Waals surface area contributed by atoms with Gasteiger partial charge in [0, 0.05) is 17.3 Å². The molecule has 0 saturated heterocycles. The molecule has 0 saturated carbocycles. The zero-order chi connectivity index (χ0) is 14.4. The van der Waals surface area contributed by atoms with E-state index < -0.39 is 0 Å². The summed E-state index contributed by atoms with van der Waals surface area (Å²) >= 11 is 6.05. The minimum Gasteiger partial charge on any atom is -0.492 e.